The molecule has 3 aromatic rings. The monoisotopic (exact) mass is 364 g/mol. The Morgan fingerprint density at radius 3 is 2.54 bits per heavy atom. The van der Waals surface area contributed by atoms with E-state index in [1.54, 1.807) is 30.3 Å². The molecule has 0 aliphatic carbocycles. The Balaban J connectivity index is 1.81. The van der Waals surface area contributed by atoms with E-state index in [0.717, 1.165) is 0 Å². The van der Waals surface area contributed by atoms with E-state index in [4.69, 9.17) is 16.7 Å². The topological polar surface area (TPSA) is 99.3 Å². The molecule has 0 aliphatic heterocycles. The SMILES string of the molecule is O=C(O)c1ccc(CNS(=O)(=O)c2c[nH]c3cc(Cl)ccc23)cc1. The standard InChI is InChI=1S/C16H13ClN2O4S/c17-12-5-6-13-14(7-12)18-9-15(13)24(22,23)19-8-10-1-3-11(4-2-10)16(20)21/h1-7,9,18-19H,8H2,(H,20,21). The summed E-state index contributed by atoms with van der Waals surface area (Å²) < 4.78 is 27.5. The molecule has 0 amide bonds. The Morgan fingerprint density at radius 2 is 1.88 bits per heavy atom. The van der Waals surface area contributed by atoms with Crippen LogP contribution in [0.1, 0.15) is 15.9 Å². The minimum Gasteiger partial charge on any atom is -0.478 e. The van der Waals surface area contributed by atoms with Crippen molar-refractivity contribution in [1.82, 2.24) is 9.71 Å². The maximum atomic E-state index is 12.5. The van der Waals surface area contributed by atoms with Crippen molar-refractivity contribution in [2.75, 3.05) is 0 Å². The number of carboxylic acid groups (broad SMARTS) is 1. The summed E-state index contributed by atoms with van der Waals surface area (Å²) in [6.07, 6.45) is 1.41. The van der Waals surface area contributed by atoms with Crippen LogP contribution in [0.2, 0.25) is 5.02 Å². The van der Waals surface area contributed by atoms with Crippen LogP contribution in [0, 0.1) is 0 Å². The molecule has 3 N–H and O–H groups in total. The lowest BCUT2D eigenvalue weighted by molar-refractivity contribution is 0.0697. The van der Waals surface area contributed by atoms with Crippen molar-refractivity contribution in [3.63, 3.8) is 0 Å². The molecule has 24 heavy (non-hydrogen) atoms. The van der Waals surface area contributed by atoms with E-state index in [0.29, 0.717) is 21.5 Å². The first kappa shape index (κ1) is 16.5. The van der Waals surface area contributed by atoms with Crippen molar-refractivity contribution in [3.8, 4) is 0 Å². The number of halogens is 1. The first-order valence-electron chi connectivity index (χ1n) is 6.95. The fourth-order valence-corrected chi connectivity index (χ4v) is 3.68. The highest BCUT2D eigenvalue weighted by molar-refractivity contribution is 7.89. The van der Waals surface area contributed by atoms with Gasteiger partial charge in [0.1, 0.15) is 4.90 Å². The molecule has 0 spiro atoms. The average Bonchev–Trinajstić information content (AvgIpc) is 2.97. The number of rotatable bonds is 5. The molecule has 0 aliphatic rings. The van der Waals surface area contributed by atoms with E-state index in [1.807, 2.05) is 0 Å². The fraction of sp³-hybridized carbons (Fsp3) is 0.0625. The molecular formula is C16H13ClN2O4S. The molecular weight excluding hydrogens is 352 g/mol. The van der Waals surface area contributed by atoms with Gasteiger partial charge in [-0.15, -0.1) is 0 Å². The van der Waals surface area contributed by atoms with Gasteiger partial charge in [-0.1, -0.05) is 23.7 Å². The second-order valence-electron chi connectivity index (χ2n) is 5.17. The predicted molar refractivity (Wildman–Crippen MR) is 90.7 cm³/mol. The van der Waals surface area contributed by atoms with Gasteiger partial charge >= 0.3 is 5.97 Å². The van der Waals surface area contributed by atoms with Gasteiger partial charge in [0.05, 0.1) is 5.56 Å². The number of sulfonamides is 1. The maximum Gasteiger partial charge on any atom is 0.335 e. The number of aromatic amines is 1. The highest BCUT2D eigenvalue weighted by Gasteiger charge is 2.18. The molecule has 0 fully saturated rings. The second-order valence-corrected chi connectivity index (χ2v) is 7.34. The molecule has 2 aromatic carbocycles. The first-order valence-corrected chi connectivity index (χ1v) is 8.81. The molecule has 0 radical (unpaired) electrons. The Kier molecular flexibility index (Phi) is 4.31. The zero-order valence-electron chi connectivity index (χ0n) is 12.3. The highest BCUT2D eigenvalue weighted by Crippen LogP contribution is 2.25. The minimum absolute atomic E-state index is 0.0580. The van der Waals surface area contributed by atoms with Crippen molar-refractivity contribution in [3.05, 3.63) is 64.8 Å². The number of fused-ring (bicyclic) bond motifs is 1. The van der Waals surface area contributed by atoms with Gasteiger partial charge in [-0.2, -0.15) is 0 Å². The number of benzene rings is 2. The smallest absolute Gasteiger partial charge is 0.335 e. The van der Waals surface area contributed by atoms with Crippen LogP contribution in [0.15, 0.2) is 53.6 Å². The minimum atomic E-state index is -3.72. The van der Waals surface area contributed by atoms with Crippen molar-refractivity contribution in [1.29, 1.82) is 0 Å². The van der Waals surface area contributed by atoms with Crippen molar-refractivity contribution >= 4 is 38.5 Å². The normalized spacial score (nSPS) is 11.7. The Labute approximate surface area is 143 Å². The van der Waals surface area contributed by atoms with Crippen molar-refractivity contribution in [2.45, 2.75) is 11.4 Å². The summed E-state index contributed by atoms with van der Waals surface area (Å²) in [5.74, 6) is -1.03. The Bertz CT molecular complexity index is 1010. The lowest BCUT2D eigenvalue weighted by atomic mass is 10.1. The number of carboxylic acids is 1. The van der Waals surface area contributed by atoms with Crippen LogP contribution in [0.3, 0.4) is 0 Å². The van der Waals surface area contributed by atoms with E-state index in [9.17, 15) is 13.2 Å². The van der Waals surface area contributed by atoms with Gasteiger partial charge in [0, 0.05) is 28.7 Å². The molecule has 6 nitrogen and oxygen atoms in total. The molecule has 0 saturated carbocycles. The van der Waals surface area contributed by atoms with Crippen LogP contribution < -0.4 is 4.72 Å². The van der Waals surface area contributed by atoms with Gasteiger partial charge in [-0.05, 0) is 35.9 Å². The van der Waals surface area contributed by atoms with E-state index in [-0.39, 0.29) is 17.0 Å². The van der Waals surface area contributed by atoms with Gasteiger partial charge in [0.25, 0.3) is 0 Å². The third-order valence-electron chi connectivity index (χ3n) is 3.56. The quantitative estimate of drug-likeness (QED) is 0.648. The van der Waals surface area contributed by atoms with Gasteiger partial charge in [0.2, 0.25) is 10.0 Å². The van der Waals surface area contributed by atoms with Gasteiger partial charge < -0.3 is 10.1 Å². The molecule has 8 heteroatoms. The summed E-state index contributed by atoms with van der Waals surface area (Å²) >= 11 is 5.89. The van der Waals surface area contributed by atoms with Gasteiger partial charge in [-0.25, -0.2) is 17.9 Å². The van der Waals surface area contributed by atoms with Crippen molar-refractivity contribution < 1.29 is 18.3 Å². The Hall–Kier alpha value is -2.35. The number of hydrogen-bond acceptors (Lipinski definition) is 3. The molecule has 0 bridgehead atoms. The molecule has 1 heterocycles. The number of aromatic nitrogens is 1. The lowest BCUT2D eigenvalue weighted by Crippen LogP contribution is -2.23. The summed E-state index contributed by atoms with van der Waals surface area (Å²) in [6, 6.07) is 10.9. The molecule has 124 valence electrons. The van der Waals surface area contributed by atoms with E-state index in [1.165, 1.54) is 18.3 Å². The third kappa shape index (κ3) is 3.28. The summed E-state index contributed by atoms with van der Waals surface area (Å²) in [7, 11) is -3.72. The zero-order chi connectivity index (χ0) is 17.3. The number of carbonyl (C=O) groups is 1. The summed E-state index contributed by atoms with van der Waals surface area (Å²) in [4.78, 5) is 13.8. The van der Waals surface area contributed by atoms with E-state index in [2.05, 4.69) is 9.71 Å². The van der Waals surface area contributed by atoms with Gasteiger partial charge in [-0.3, -0.25) is 0 Å². The van der Waals surface area contributed by atoms with E-state index < -0.39 is 16.0 Å². The fourth-order valence-electron chi connectivity index (χ4n) is 2.32. The van der Waals surface area contributed by atoms with Crippen LogP contribution in [0.4, 0.5) is 0 Å². The molecule has 1 aromatic heterocycles. The Morgan fingerprint density at radius 1 is 1.17 bits per heavy atom. The van der Waals surface area contributed by atoms with Crippen LogP contribution >= 0.6 is 11.6 Å². The predicted octanol–water partition coefficient (Wildman–Crippen LogP) is 3.00. The zero-order valence-corrected chi connectivity index (χ0v) is 13.9. The lowest BCUT2D eigenvalue weighted by Gasteiger charge is -2.06. The van der Waals surface area contributed by atoms with Crippen molar-refractivity contribution in [2.24, 2.45) is 0 Å². The summed E-state index contributed by atoms with van der Waals surface area (Å²) in [5, 5.41) is 9.92. The largest absolute Gasteiger partial charge is 0.478 e. The summed E-state index contributed by atoms with van der Waals surface area (Å²) in [5.41, 5.74) is 1.44. The first-order chi connectivity index (χ1) is 11.4. The highest BCUT2D eigenvalue weighted by atomic mass is 35.5. The average molecular weight is 365 g/mol. The van der Waals surface area contributed by atoms with Crippen LogP contribution in [-0.4, -0.2) is 24.5 Å². The molecule has 0 saturated heterocycles. The van der Waals surface area contributed by atoms with Crippen LogP contribution in [0.5, 0.6) is 0 Å². The summed E-state index contributed by atoms with van der Waals surface area (Å²) in [6.45, 7) is 0.0580. The number of hydrogen-bond donors (Lipinski definition) is 3. The number of aromatic carboxylic acids is 1. The van der Waals surface area contributed by atoms with Gasteiger partial charge in [0.15, 0.2) is 0 Å². The molecule has 0 atom stereocenters. The maximum absolute atomic E-state index is 12.5. The number of nitrogens with one attached hydrogen (secondary N) is 2. The second kappa shape index (κ2) is 6.27. The van der Waals surface area contributed by atoms with Crippen LogP contribution in [0.25, 0.3) is 10.9 Å². The molecule has 0 unspecified atom stereocenters. The third-order valence-corrected chi connectivity index (χ3v) is 5.24. The van der Waals surface area contributed by atoms with E-state index >= 15 is 0 Å². The number of H-pyrrole nitrogens is 1. The molecule has 3 rings (SSSR count). The van der Waals surface area contributed by atoms with Crippen LogP contribution in [-0.2, 0) is 16.6 Å².